The highest BCUT2D eigenvalue weighted by atomic mass is 16.6. The van der Waals surface area contributed by atoms with Gasteiger partial charge in [0.2, 0.25) is 0 Å². The molecule has 0 radical (unpaired) electrons. The molecule has 0 spiro atoms. The first-order chi connectivity index (χ1) is 27.4. The van der Waals surface area contributed by atoms with E-state index < -0.39 is 79.6 Å². The average Bonchev–Trinajstić information content (AvgIpc) is 3.26. The van der Waals surface area contributed by atoms with E-state index >= 15 is 0 Å². The minimum Gasteiger partial charge on any atom is -0.465 e. The number of hydrogen-bond donors (Lipinski definition) is 0. The third-order valence-corrected chi connectivity index (χ3v) is 8.25. The summed E-state index contributed by atoms with van der Waals surface area (Å²) in [6.45, 7) is -3.26. The number of methoxy groups -OCH3 is 4. The lowest BCUT2D eigenvalue weighted by atomic mass is 9.91. The van der Waals surface area contributed by atoms with Crippen molar-refractivity contribution in [3.05, 3.63) is 142 Å². The molecule has 0 aliphatic carbocycles. The van der Waals surface area contributed by atoms with E-state index in [1.165, 1.54) is 97.1 Å². The molecule has 0 unspecified atom stereocenters. The van der Waals surface area contributed by atoms with Gasteiger partial charge in [0.15, 0.2) is 0 Å². The third kappa shape index (κ3) is 10.4. The standard InChI is InChI=1S/C41H36O16/c1-50-33(42)25-13-5-9-17-29(25)37(46)54-21-41(22-55-38(47)30-18-10-6-14-26(30)34(43)51-2,23-56-39(48)31-19-11-7-15-27(31)35(44)52-3)24-57-40(49)32-20-12-8-16-28(32)36(45)53-4/h5-20H,21-24H2,1-4H3. The van der Waals surface area contributed by atoms with Crippen LogP contribution in [0.25, 0.3) is 0 Å². The minimum atomic E-state index is -1.96. The summed E-state index contributed by atoms with van der Waals surface area (Å²) >= 11 is 0. The van der Waals surface area contributed by atoms with Crippen LogP contribution in [0.5, 0.6) is 0 Å². The normalized spacial score (nSPS) is 10.6. The topological polar surface area (TPSA) is 210 Å². The van der Waals surface area contributed by atoms with Crippen LogP contribution >= 0.6 is 0 Å². The first kappa shape index (κ1) is 42.4. The van der Waals surface area contributed by atoms with Crippen molar-refractivity contribution >= 4 is 47.8 Å². The molecule has 4 aromatic carbocycles. The minimum absolute atomic E-state index is 0.155. The van der Waals surface area contributed by atoms with Crippen LogP contribution in [0.2, 0.25) is 0 Å². The van der Waals surface area contributed by atoms with E-state index in [0.29, 0.717) is 0 Å². The van der Waals surface area contributed by atoms with Crippen LogP contribution in [0.4, 0.5) is 0 Å². The average molecular weight is 785 g/mol. The van der Waals surface area contributed by atoms with E-state index in [1.807, 2.05) is 0 Å². The molecule has 4 aromatic rings. The van der Waals surface area contributed by atoms with Crippen LogP contribution in [0.1, 0.15) is 82.9 Å². The van der Waals surface area contributed by atoms with Gasteiger partial charge in [-0.1, -0.05) is 48.5 Å². The zero-order chi connectivity index (χ0) is 41.5. The van der Waals surface area contributed by atoms with Gasteiger partial charge in [-0.05, 0) is 48.5 Å². The number of rotatable bonds is 16. The maximum atomic E-state index is 13.6. The molecule has 0 aromatic heterocycles. The monoisotopic (exact) mass is 784 g/mol. The number of ether oxygens (including phenoxy) is 8. The van der Waals surface area contributed by atoms with Crippen molar-refractivity contribution in [1.82, 2.24) is 0 Å². The molecule has 16 heteroatoms. The molecule has 0 heterocycles. The van der Waals surface area contributed by atoms with Crippen molar-refractivity contribution in [1.29, 1.82) is 0 Å². The van der Waals surface area contributed by atoms with Crippen LogP contribution < -0.4 is 0 Å². The SMILES string of the molecule is COC(=O)c1ccccc1C(=O)OCC(COC(=O)c1ccccc1C(=O)OC)(COC(=O)c1ccccc1C(=O)OC)COC(=O)c1ccccc1C(=O)OC. The summed E-state index contributed by atoms with van der Waals surface area (Å²) in [7, 11) is 4.45. The zero-order valence-electron chi connectivity index (χ0n) is 31.1. The summed E-state index contributed by atoms with van der Waals surface area (Å²) in [6.07, 6.45) is 0. The molecule has 0 aliphatic rings. The molecule has 0 N–H and O–H groups in total. The maximum absolute atomic E-state index is 13.6. The highest BCUT2D eigenvalue weighted by Crippen LogP contribution is 2.26. The van der Waals surface area contributed by atoms with Gasteiger partial charge >= 0.3 is 47.8 Å². The summed E-state index contributed by atoms with van der Waals surface area (Å²) in [6, 6.07) is 22.2. The second-order valence-corrected chi connectivity index (χ2v) is 12.0. The quantitative estimate of drug-likeness (QED) is 0.113. The van der Waals surface area contributed by atoms with E-state index in [-0.39, 0.29) is 44.5 Å². The molecule has 0 bridgehead atoms. The summed E-state index contributed by atoms with van der Waals surface area (Å²) in [5, 5.41) is 0. The van der Waals surface area contributed by atoms with Crippen molar-refractivity contribution in [2.24, 2.45) is 5.41 Å². The van der Waals surface area contributed by atoms with Crippen molar-refractivity contribution in [2.45, 2.75) is 0 Å². The van der Waals surface area contributed by atoms with Gasteiger partial charge in [-0.3, -0.25) is 0 Å². The Hall–Kier alpha value is -7.36. The highest BCUT2D eigenvalue weighted by molar-refractivity contribution is 6.05. The fourth-order valence-electron chi connectivity index (χ4n) is 5.23. The van der Waals surface area contributed by atoms with Crippen LogP contribution in [0.3, 0.4) is 0 Å². The van der Waals surface area contributed by atoms with Crippen LogP contribution in [0, 0.1) is 5.41 Å². The first-order valence-electron chi connectivity index (χ1n) is 16.8. The largest absolute Gasteiger partial charge is 0.465 e. The number of carbonyl (C=O) groups excluding carboxylic acids is 8. The Morgan fingerprint density at radius 3 is 0.632 bits per heavy atom. The molecule has 4 rings (SSSR count). The lowest BCUT2D eigenvalue weighted by Crippen LogP contribution is -2.44. The molecule has 0 aliphatic heterocycles. The Labute approximate surface area is 325 Å². The maximum Gasteiger partial charge on any atom is 0.339 e. The smallest absolute Gasteiger partial charge is 0.339 e. The lowest BCUT2D eigenvalue weighted by Gasteiger charge is -2.32. The molecule has 0 atom stereocenters. The summed E-state index contributed by atoms with van der Waals surface area (Å²) in [4.78, 5) is 104. The molecule has 0 saturated heterocycles. The summed E-state index contributed by atoms with van der Waals surface area (Å²) in [5.41, 5.74) is -3.49. The second-order valence-electron chi connectivity index (χ2n) is 12.0. The number of esters is 8. The fraction of sp³-hybridized carbons (Fsp3) is 0.220. The molecular formula is C41H36O16. The summed E-state index contributed by atoms with van der Waals surface area (Å²) < 4.78 is 41.7. The van der Waals surface area contributed by atoms with E-state index in [4.69, 9.17) is 37.9 Å². The van der Waals surface area contributed by atoms with Crippen molar-refractivity contribution in [3.8, 4) is 0 Å². The molecule has 0 amide bonds. The van der Waals surface area contributed by atoms with Gasteiger partial charge in [0.05, 0.1) is 72.9 Å². The summed E-state index contributed by atoms with van der Waals surface area (Å²) in [5.74, 6) is -7.74. The molecule has 0 fully saturated rings. The lowest BCUT2D eigenvalue weighted by molar-refractivity contribution is -0.0644. The van der Waals surface area contributed by atoms with Crippen LogP contribution in [0.15, 0.2) is 97.1 Å². The van der Waals surface area contributed by atoms with E-state index in [2.05, 4.69) is 0 Å². The van der Waals surface area contributed by atoms with Crippen molar-refractivity contribution in [3.63, 3.8) is 0 Å². The van der Waals surface area contributed by atoms with Gasteiger partial charge in [-0.25, -0.2) is 38.4 Å². The van der Waals surface area contributed by atoms with E-state index in [0.717, 1.165) is 28.4 Å². The number of hydrogen-bond acceptors (Lipinski definition) is 16. The molecule has 296 valence electrons. The predicted molar refractivity (Wildman–Crippen MR) is 195 cm³/mol. The molecular weight excluding hydrogens is 748 g/mol. The molecule has 0 saturated carbocycles. The van der Waals surface area contributed by atoms with Crippen molar-refractivity contribution in [2.75, 3.05) is 54.9 Å². The van der Waals surface area contributed by atoms with E-state index in [9.17, 15) is 38.4 Å². The van der Waals surface area contributed by atoms with Gasteiger partial charge in [-0.2, -0.15) is 0 Å². The Kier molecular flexibility index (Phi) is 14.7. The molecule has 57 heavy (non-hydrogen) atoms. The van der Waals surface area contributed by atoms with Crippen LogP contribution in [-0.2, 0) is 37.9 Å². The van der Waals surface area contributed by atoms with Gasteiger partial charge in [0.1, 0.15) is 31.8 Å². The fourth-order valence-corrected chi connectivity index (χ4v) is 5.23. The van der Waals surface area contributed by atoms with Gasteiger partial charge in [-0.15, -0.1) is 0 Å². The Morgan fingerprint density at radius 1 is 0.316 bits per heavy atom. The van der Waals surface area contributed by atoms with Gasteiger partial charge in [0, 0.05) is 0 Å². The number of benzene rings is 4. The van der Waals surface area contributed by atoms with Crippen molar-refractivity contribution < 1.29 is 76.3 Å². The third-order valence-electron chi connectivity index (χ3n) is 8.25. The Bertz CT molecular complexity index is 1860. The molecule has 16 nitrogen and oxygen atoms in total. The van der Waals surface area contributed by atoms with E-state index in [1.54, 1.807) is 0 Å². The Morgan fingerprint density at radius 2 is 0.474 bits per heavy atom. The van der Waals surface area contributed by atoms with Gasteiger partial charge < -0.3 is 37.9 Å². The van der Waals surface area contributed by atoms with Crippen LogP contribution in [-0.4, -0.2) is 103 Å². The second kappa shape index (κ2) is 19.8. The Balaban J connectivity index is 1.78. The highest BCUT2D eigenvalue weighted by Gasteiger charge is 2.40. The van der Waals surface area contributed by atoms with Gasteiger partial charge in [0.25, 0.3) is 0 Å². The predicted octanol–water partition coefficient (Wildman–Crippen LogP) is 4.55. The first-order valence-corrected chi connectivity index (χ1v) is 16.8. The number of carbonyl (C=O) groups is 8. The zero-order valence-corrected chi connectivity index (χ0v) is 31.1.